The fourth-order valence-corrected chi connectivity index (χ4v) is 2.28. The van der Waals surface area contributed by atoms with Crippen LogP contribution >= 0.6 is 0 Å². The van der Waals surface area contributed by atoms with Crippen LogP contribution in [0.4, 0.5) is 0 Å². The number of hydrogen-bond acceptors (Lipinski definition) is 5. The number of hydrogen-bond donors (Lipinski definition) is 0. The summed E-state index contributed by atoms with van der Waals surface area (Å²) in [6.45, 7) is 5.90. The molecule has 2 aromatic heterocycles. The molecule has 124 valence electrons. The molecule has 0 bridgehead atoms. The lowest BCUT2D eigenvalue weighted by atomic mass is 10.1. The lowest BCUT2D eigenvalue weighted by Crippen LogP contribution is -2.07. The molecule has 0 spiro atoms. The maximum absolute atomic E-state index is 12.3. The van der Waals surface area contributed by atoms with Gasteiger partial charge in [-0.05, 0) is 36.8 Å². The van der Waals surface area contributed by atoms with E-state index in [4.69, 9.17) is 9.26 Å². The van der Waals surface area contributed by atoms with E-state index in [1.807, 2.05) is 62.0 Å². The van der Waals surface area contributed by atoms with Gasteiger partial charge in [-0.2, -0.15) is 4.98 Å². The second kappa shape index (κ2) is 6.70. The van der Waals surface area contributed by atoms with Gasteiger partial charge in [-0.15, -0.1) is 0 Å². The number of aryl methyl sites for hydroxylation is 1. The van der Waals surface area contributed by atoms with Gasteiger partial charge in [0.25, 0.3) is 5.89 Å². The van der Waals surface area contributed by atoms with Crippen molar-refractivity contribution in [1.82, 2.24) is 14.7 Å². The van der Waals surface area contributed by atoms with Crippen LogP contribution in [0.15, 0.2) is 47.2 Å². The Morgan fingerprint density at radius 3 is 2.71 bits per heavy atom. The maximum Gasteiger partial charge on any atom is 0.338 e. The summed E-state index contributed by atoms with van der Waals surface area (Å²) in [5.74, 6) is 0.642. The smallest absolute Gasteiger partial charge is 0.338 e. The van der Waals surface area contributed by atoms with Crippen LogP contribution < -0.4 is 0 Å². The molecule has 0 saturated heterocycles. The zero-order valence-corrected chi connectivity index (χ0v) is 13.9. The third-order valence-electron chi connectivity index (χ3n) is 3.65. The van der Waals surface area contributed by atoms with Crippen molar-refractivity contribution in [3.63, 3.8) is 0 Å². The molecule has 0 radical (unpaired) electrons. The van der Waals surface area contributed by atoms with Gasteiger partial charge >= 0.3 is 5.97 Å². The van der Waals surface area contributed by atoms with Crippen LogP contribution in [-0.2, 0) is 11.3 Å². The number of carbonyl (C=O) groups excluding carboxylic acids is 1. The van der Waals surface area contributed by atoms with E-state index >= 15 is 0 Å². The third-order valence-corrected chi connectivity index (χ3v) is 3.65. The van der Waals surface area contributed by atoms with E-state index in [0.29, 0.717) is 17.3 Å². The first-order valence-electron chi connectivity index (χ1n) is 7.78. The quantitative estimate of drug-likeness (QED) is 0.670. The molecule has 0 aliphatic rings. The summed E-state index contributed by atoms with van der Waals surface area (Å²) in [6, 6.07) is 9.33. The van der Waals surface area contributed by atoms with Crippen LogP contribution in [0.1, 0.15) is 47.4 Å². The minimum absolute atomic E-state index is 0.0364. The topological polar surface area (TPSA) is 70.2 Å². The van der Waals surface area contributed by atoms with Crippen molar-refractivity contribution in [2.45, 2.75) is 33.3 Å². The highest BCUT2D eigenvalue weighted by Crippen LogP contribution is 2.18. The predicted molar refractivity (Wildman–Crippen MR) is 88.0 cm³/mol. The van der Waals surface area contributed by atoms with E-state index < -0.39 is 5.97 Å². The summed E-state index contributed by atoms with van der Waals surface area (Å²) in [5.41, 5.74) is 2.49. The van der Waals surface area contributed by atoms with Gasteiger partial charge in [-0.3, -0.25) is 0 Å². The highest BCUT2D eigenvalue weighted by molar-refractivity contribution is 5.90. The first-order chi connectivity index (χ1) is 11.5. The van der Waals surface area contributed by atoms with Crippen LogP contribution in [0.25, 0.3) is 5.69 Å². The summed E-state index contributed by atoms with van der Waals surface area (Å²) in [5, 5.41) is 3.85. The SMILES string of the molecule is Cc1ccc(C(=O)OCc2nc(C(C)C)no2)cc1-n1cccc1. The fraction of sp³-hybridized carbons (Fsp3) is 0.278. The Balaban J connectivity index is 1.72. The number of ether oxygens (including phenoxy) is 1. The summed E-state index contributed by atoms with van der Waals surface area (Å²) >= 11 is 0. The minimum Gasteiger partial charge on any atom is -0.452 e. The van der Waals surface area contributed by atoms with Crippen molar-refractivity contribution >= 4 is 5.97 Å². The highest BCUT2D eigenvalue weighted by atomic mass is 16.6. The summed E-state index contributed by atoms with van der Waals surface area (Å²) in [7, 11) is 0. The summed E-state index contributed by atoms with van der Waals surface area (Å²) in [4.78, 5) is 16.5. The van der Waals surface area contributed by atoms with Crippen molar-refractivity contribution in [2.24, 2.45) is 0 Å². The molecule has 3 aromatic rings. The van der Waals surface area contributed by atoms with Crippen molar-refractivity contribution in [1.29, 1.82) is 0 Å². The van der Waals surface area contributed by atoms with Crippen LogP contribution in [0.3, 0.4) is 0 Å². The van der Waals surface area contributed by atoms with Crippen molar-refractivity contribution < 1.29 is 14.1 Å². The van der Waals surface area contributed by atoms with Gasteiger partial charge in [0.1, 0.15) is 0 Å². The number of aromatic nitrogens is 3. The summed E-state index contributed by atoms with van der Waals surface area (Å²) in [6.07, 6.45) is 3.87. The number of nitrogens with zero attached hydrogens (tertiary/aromatic N) is 3. The van der Waals surface area contributed by atoms with Gasteiger partial charge < -0.3 is 13.8 Å². The molecule has 0 amide bonds. The number of rotatable bonds is 5. The first-order valence-corrected chi connectivity index (χ1v) is 7.78. The Morgan fingerprint density at radius 2 is 2.04 bits per heavy atom. The van der Waals surface area contributed by atoms with Crippen molar-refractivity contribution in [3.05, 3.63) is 65.6 Å². The molecule has 6 heteroatoms. The fourth-order valence-electron chi connectivity index (χ4n) is 2.28. The zero-order valence-electron chi connectivity index (χ0n) is 13.9. The molecule has 24 heavy (non-hydrogen) atoms. The monoisotopic (exact) mass is 325 g/mol. The van der Waals surface area contributed by atoms with Gasteiger partial charge in [0.05, 0.1) is 5.56 Å². The van der Waals surface area contributed by atoms with Crippen LogP contribution in [-0.4, -0.2) is 20.7 Å². The van der Waals surface area contributed by atoms with E-state index in [2.05, 4.69) is 10.1 Å². The molecule has 0 aliphatic carbocycles. The van der Waals surface area contributed by atoms with E-state index in [9.17, 15) is 4.79 Å². The van der Waals surface area contributed by atoms with E-state index in [-0.39, 0.29) is 12.5 Å². The number of carbonyl (C=O) groups is 1. The second-order valence-corrected chi connectivity index (χ2v) is 5.87. The number of benzene rings is 1. The average molecular weight is 325 g/mol. The normalized spacial score (nSPS) is 11.0. The number of esters is 1. The average Bonchev–Trinajstić information content (AvgIpc) is 3.24. The summed E-state index contributed by atoms with van der Waals surface area (Å²) < 4.78 is 12.3. The van der Waals surface area contributed by atoms with Gasteiger partial charge in [-0.25, -0.2) is 4.79 Å². The second-order valence-electron chi connectivity index (χ2n) is 5.87. The highest BCUT2D eigenvalue weighted by Gasteiger charge is 2.14. The lowest BCUT2D eigenvalue weighted by Gasteiger charge is -2.09. The molecule has 2 heterocycles. The van der Waals surface area contributed by atoms with Gasteiger partial charge in [0.15, 0.2) is 12.4 Å². The molecule has 3 rings (SSSR count). The molecule has 0 fully saturated rings. The first kappa shape index (κ1) is 16.0. The van der Waals surface area contributed by atoms with Crippen molar-refractivity contribution in [3.8, 4) is 5.69 Å². The molecule has 0 unspecified atom stereocenters. The van der Waals surface area contributed by atoms with E-state index in [0.717, 1.165) is 11.3 Å². The van der Waals surface area contributed by atoms with Crippen LogP contribution in [0.5, 0.6) is 0 Å². The molecule has 1 aromatic carbocycles. The Labute approximate surface area is 140 Å². The molecular weight excluding hydrogens is 306 g/mol. The van der Waals surface area contributed by atoms with E-state index in [1.165, 1.54) is 0 Å². The maximum atomic E-state index is 12.3. The molecule has 6 nitrogen and oxygen atoms in total. The van der Waals surface area contributed by atoms with Crippen LogP contribution in [0, 0.1) is 6.92 Å². The third kappa shape index (κ3) is 3.37. The molecule has 0 atom stereocenters. The molecular formula is C18H19N3O3. The standard InChI is InChI=1S/C18H19N3O3/c1-12(2)17-19-16(24-20-17)11-23-18(22)14-7-6-13(3)15(10-14)21-8-4-5-9-21/h4-10,12H,11H2,1-3H3. The van der Waals surface area contributed by atoms with Gasteiger partial charge in [0.2, 0.25) is 0 Å². The molecule has 0 aliphatic heterocycles. The largest absolute Gasteiger partial charge is 0.452 e. The van der Waals surface area contributed by atoms with Gasteiger partial charge in [0, 0.05) is 24.0 Å². The zero-order chi connectivity index (χ0) is 17.1. The predicted octanol–water partition coefficient (Wildman–Crippen LogP) is 3.65. The Hall–Kier alpha value is -2.89. The van der Waals surface area contributed by atoms with Crippen LogP contribution in [0.2, 0.25) is 0 Å². The molecule has 0 saturated carbocycles. The van der Waals surface area contributed by atoms with Crippen molar-refractivity contribution in [2.75, 3.05) is 0 Å². The Kier molecular flexibility index (Phi) is 4.46. The van der Waals surface area contributed by atoms with Gasteiger partial charge in [-0.1, -0.05) is 25.1 Å². The lowest BCUT2D eigenvalue weighted by molar-refractivity contribution is 0.0430. The Bertz CT molecular complexity index is 835. The Morgan fingerprint density at radius 1 is 1.29 bits per heavy atom. The van der Waals surface area contributed by atoms with E-state index in [1.54, 1.807) is 6.07 Å². The minimum atomic E-state index is -0.423. The molecule has 0 N–H and O–H groups in total.